The van der Waals surface area contributed by atoms with Gasteiger partial charge >= 0.3 is 0 Å². The maximum absolute atomic E-state index is 12.5. The molecule has 0 spiro atoms. The molecule has 3 rings (SSSR count). The fourth-order valence-corrected chi connectivity index (χ4v) is 3.06. The summed E-state index contributed by atoms with van der Waals surface area (Å²) in [5.41, 5.74) is 2.45. The van der Waals surface area contributed by atoms with Crippen molar-refractivity contribution < 1.29 is 4.79 Å². The molecule has 1 fully saturated rings. The third kappa shape index (κ3) is 3.52. The van der Waals surface area contributed by atoms with Crippen LogP contribution in [0.5, 0.6) is 0 Å². The third-order valence-corrected chi connectivity index (χ3v) is 4.44. The van der Waals surface area contributed by atoms with Crippen molar-refractivity contribution in [2.75, 3.05) is 29.9 Å². The average Bonchev–Trinajstić information content (AvgIpc) is 2.61. The number of rotatable bonds is 3. The van der Waals surface area contributed by atoms with E-state index in [0.29, 0.717) is 11.6 Å². The van der Waals surface area contributed by atoms with Gasteiger partial charge in [-0.3, -0.25) is 4.79 Å². The van der Waals surface area contributed by atoms with Gasteiger partial charge in [-0.25, -0.2) is 4.98 Å². The largest absolute Gasteiger partial charge is 0.370 e. The Bertz CT molecular complexity index is 654. The molecular formula is C19H23N3O. The molecule has 1 aliphatic heterocycles. The van der Waals surface area contributed by atoms with E-state index in [2.05, 4.69) is 16.8 Å². The van der Waals surface area contributed by atoms with Crippen molar-refractivity contribution in [1.29, 1.82) is 0 Å². The summed E-state index contributed by atoms with van der Waals surface area (Å²) in [4.78, 5) is 20.9. The zero-order valence-corrected chi connectivity index (χ0v) is 13.8. The summed E-state index contributed by atoms with van der Waals surface area (Å²) >= 11 is 0. The Hall–Kier alpha value is -2.36. The van der Waals surface area contributed by atoms with E-state index in [1.807, 2.05) is 48.7 Å². The topological polar surface area (TPSA) is 36.4 Å². The molecule has 2 heterocycles. The zero-order chi connectivity index (χ0) is 16.2. The lowest BCUT2D eigenvalue weighted by atomic mass is 10.00. The fraction of sp³-hybridized carbons (Fsp3) is 0.368. The van der Waals surface area contributed by atoms with Gasteiger partial charge in [-0.1, -0.05) is 25.1 Å². The molecular weight excluding hydrogens is 286 g/mol. The lowest BCUT2D eigenvalue weighted by Crippen LogP contribution is -2.34. The SMILES string of the molecule is CC1CCCN(c2ccc(C(=O)N(C)c3ccccc3)nc2)C1. The first-order chi connectivity index (χ1) is 11.1. The van der Waals surface area contributed by atoms with Crippen molar-refractivity contribution in [3.05, 3.63) is 54.4 Å². The highest BCUT2D eigenvalue weighted by atomic mass is 16.2. The Morgan fingerprint density at radius 1 is 1.22 bits per heavy atom. The minimum atomic E-state index is -0.0882. The molecule has 4 heteroatoms. The van der Waals surface area contributed by atoms with Gasteiger partial charge in [-0.2, -0.15) is 0 Å². The number of aromatic nitrogens is 1. The fourth-order valence-electron chi connectivity index (χ4n) is 3.06. The summed E-state index contributed by atoms with van der Waals surface area (Å²) < 4.78 is 0. The van der Waals surface area contributed by atoms with Gasteiger partial charge in [0.1, 0.15) is 5.69 Å². The van der Waals surface area contributed by atoms with Crippen molar-refractivity contribution in [2.24, 2.45) is 5.92 Å². The number of carbonyl (C=O) groups excluding carboxylic acids is 1. The standard InChI is InChI=1S/C19H23N3O/c1-15-7-6-12-22(14-15)17-10-11-18(20-13-17)19(23)21(2)16-8-4-3-5-9-16/h3-5,8-11,13,15H,6-7,12,14H2,1-2H3. The van der Waals surface area contributed by atoms with E-state index in [-0.39, 0.29) is 5.91 Å². The zero-order valence-electron chi connectivity index (χ0n) is 13.8. The van der Waals surface area contributed by atoms with Gasteiger partial charge in [-0.05, 0) is 43.0 Å². The Morgan fingerprint density at radius 3 is 2.65 bits per heavy atom. The van der Waals surface area contributed by atoms with Crippen LogP contribution in [0.3, 0.4) is 0 Å². The van der Waals surface area contributed by atoms with Crippen molar-refractivity contribution in [2.45, 2.75) is 19.8 Å². The molecule has 1 aromatic carbocycles. The maximum atomic E-state index is 12.5. The van der Waals surface area contributed by atoms with Crippen LogP contribution in [-0.2, 0) is 0 Å². The first-order valence-corrected chi connectivity index (χ1v) is 8.19. The number of nitrogens with zero attached hydrogens (tertiary/aromatic N) is 3. The average molecular weight is 309 g/mol. The lowest BCUT2D eigenvalue weighted by Gasteiger charge is -2.32. The molecule has 1 saturated heterocycles. The quantitative estimate of drug-likeness (QED) is 0.869. The van der Waals surface area contributed by atoms with E-state index in [0.717, 1.165) is 24.5 Å². The highest BCUT2D eigenvalue weighted by Crippen LogP contribution is 2.22. The van der Waals surface area contributed by atoms with E-state index in [9.17, 15) is 4.79 Å². The summed E-state index contributed by atoms with van der Waals surface area (Å²) in [5.74, 6) is 0.629. The van der Waals surface area contributed by atoms with Crippen LogP contribution in [0.1, 0.15) is 30.3 Å². The predicted octanol–water partition coefficient (Wildman–Crippen LogP) is 3.59. The number of hydrogen-bond acceptors (Lipinski definition) is 3. The second kappa shape index (κ2) is 6.82. The van der Waals surface area contributed by atoms with Gasteiger partial charge in [0.15, 0.2) is 0 Å². The van der Waals surface area contributed by atoms with Crippen LogP contribution >= 0.6 is 0 Å². The molecule has 1 aliphatic rings. The summed E-state index contributed by atoms with van der Waals surface area (Å²) in [6, 6.07) is 13.5. The molecule has 1 amide bonds. The van der Waals surface area contributed by atoms with E-state index in [1.54, 1.807) is 11.9 Å². The smallest absolute Gasteiger partial charge is 0.276 e. The first kappa shape index (κ1) is 15.5. The number of para-hydroxylation sites is 1. The summed E-state index contributed by atoms with van der Waals surface area (Å²) in [6.45, 7) is 4.43. The summed E-state index contributed by atoms with van der Waals surface area (Å²) in [5, 5.41) is 0. The van der Waals surface area contributed by atoms with Crippen LogP contribution in [0.2, 0.25) is 0 Å². The molecule has 0 aliphatic carbocycles. The molecule has 0 bridgehead atoms. The highest BCUT2D eigenvalue weighted by Gasteiger charge is 2.18. The molecule has 0 N–H and O–H groups in total. The number of amides is 1. The number of anilines is 2. The number of hydrogen-bond donors (Lipinski definition) is 0. The van der Waals surface area contributed by atoms with Gasteiger partial charge in [0.25, 0.3) is 5.91 Å². The normalized spacial score (nSPS) is 17.8. The lowest BCUT2D eigenvalue weighted by molar-refractivity contribution is 0.0988. The first-order valence-electron chi connectivity index (χ1n) is 8.19. The van der Waals surface area contributed by atoms with Gasteiger partial charge in [0, 0.05) is 25.8 Å². The second-order valence-corrected chi connectivity index (χ2v) is 6.29. The molecule has 1 aromatic heterocycles. The van der Waals surface area contributed by atoms with Crippen LogP contribution < -0.4 is 9.80 Å². The predicted molar refractivity (Wildman–Crippen MR) is 94.0 cm³/mol. The van der Waals surface area contributed by atoms with E-state index in [4.69, 9.17) is 0 Å². The van der Waals surface area contributed by atoms with Crippen molar-refractivity contribution in [1.82, 2.24) is 4.98 Å². The molecule has 23 heavy (non-hydrogen) atoms. The van der Waals surface area contributed by atoms with Crippen LogP contribution in [0, 0.1) is 5.92 Å². The van der Waals surface area contributed by atoms with Crippen LogP contribution in [0.4, 0.5) is 11.4 Å². The van der Waals surface area contributed by atoms with E-state index < -0.39 is 0 Å². The monoisotopic (exact) mass is 309 g/mol. The molecule has 120 valence electrons. The van der Waals surface area contributed by atoms with Gasteiger partial charge in [0.2, 0.25) is 0 Å². The minimum absolute atomic E-state index is 0.0882. The number of benzene rings is 1. The highest BCUT2D eigenvalue weighted by molar-refractivity contribution is 6.04. The number of pyridine rings is 1. The second-order valence-electron chi connectivity index (χ2n) is 6.29. The van der Waals surface area contributed by atoms with Gasteiger partial charge < -0.3 is 9.80 Å². The van der Waals surface area contributed by atoms with E-state index >= 15 is 0 Å². The Balaban J connectivity index is 1.73. The van der Waals surface area contributed by atoms with Crippen LogP contribution in [0.15, 0.2) is 48.7 Å². The molecule has 1 atom stereocenters. The Labute approximate surface area is 137 Å². The van der Waals surface area contributed by atoms with Gasteiger partial charge in [-0.15, -0.1) is 0 Å². The van der Waals surface area contributed by atoms with Crippen molar-refractivity contribution >= 4 is 17.3 Å². The van der Waals surface area contributed by atoms with Crippen LogP contribution in [-0.4, -0.2) is 31.0 Å². The summed E-state index contributed by atoms with van der Waals surface area (Å²) in [7, 11) is 1.78. The molecule has 4 nitrogen and oxygen atoms in total. The van der Waals surface area contributed by atoms with Crippen molar-refractivity contribution in [3.8, 4) is 0 Å². The Morgan fingerprint density at radius 2 is 2.00 bits per heavy atom. The molecule has 1 unspecified atom stereocenters. The number of piperidine rings is 1. The van der Waals surface area contributed by atoms with Crippen molar-refractivity contribution in [3.63, 3.8) is 0 Å². The summed E-state index contributed by atoms with van der Waals surface area (Å²) in [6.07, 6.45) is 4.34. The minimum Gasteiger partial charge on any atom is -0.370 e. The number of carbonyl (C=O) groups is 1. The van der Waals surface area contributed by atoms with Crippen LogP contribution in [0.25, 0.3) is 0 Å². The maximum Gasteiger partial charge on any atom is 0.276 e. The molecule has 2 aromatic rings. The van der Waals surface area contributed by atoms with E-state index in [1.165, 1.54) is 12.8 Å². The molecule has 0 radical (unpaired) electrons. The van der Waals surface area contributed by atoms with Gasteiger partial charge in [0.05, 0.1) is 11.9 Å². The third-order valence-electron chi connectivity index (χ3n) is 4.44. The Kier molecular flexibility index (Phi) is 4.60. The molecule has 0 saturated carbocycles.